The molecule has 1 N–H and O–H groups in total. The van der Waals surface area contributed by atoms with Crippen LogP contribution in [0.1, 0.15) is 46.0 Å². The minimum Gasteiger partial charge on any atom is -0.480 e. The highest BCUT2D eigenvalue weighted by molar-refractivity contribution is 5.80. The Labute approximate surface area is 131 Å². The van der Waals surface area contributed by atoms with Gasteiger partial charge in [0, 0.05) is 32.0 Å². The monoisotopic (exact) mass is 310 g/mol. The van der Waals surface area contributed by atoms with E-state index in [2.05, 4.69) is 0 Å². The third kappa shape index (κ3) is 4.21. The lowest BCUT2D eigenvalue weighted by atomic mass is 10.0. The minimum atomic E-state index is -0.991. The van der Waals surface area contributed by atoms with Gasteiger partial charge in [0.2, 0.25) is 11.8 Å². The molecular weight excluding hydrogens is 284 g/mol. The highest BCUT2D eigenvalue weighted by Crippen LogP contribution is 2.37. The van der Waals surface area contributed by atoms with Crippen LogP contribution in [0.15, 0.2) is 0 Å². The van der Waals surface area contributed by atoms with Crippen molar-refractivity contribution in [1.29, 1.82) is 0 Å². The van der Waals surface area contributed by atoms with Crippen molar-refractivity contribution >= 4 is 17.8 Å². The molecule has 2 fully saturated rings. The van der Waals surface area contributed by atoms with Gasteiger partial charge < -0.3 is 14.9 Å². The quantitative estimate of drug-likeness (QED) is 0.831. The van der Waals surface area contributed by atoms with E-state index < -0.39 is 5.97 Å². The number of amides is 2. The molecule has 1 saturated heterocycles. The lowest BCUT2D eigenvalue weighted by Gasteiger charge is -2.29. The summed E-state index contributed by atoms with van der Waals surface area (Å²) in [6, 6.07) is -0.0809. The van der Waals surface area contributed by atoms with E-state index in [1.54, 1.807) is 0 Å². The van der Waals surface area contributed by atoms with Gasteiger partial charge in [-0.3, -0.25) is 14.4 Å². The van der Waals surface area contributed by atoms with Gasteiger partial charge in [0.1, 0.15) is 6.54 Å². The fourth-order valence-electron chi connectivity index (χ4n) is 3.34. The second-order valence-electron chi connectivity index (χ2n) is 6.58. The number of hydrogen-bond donors (Lipinski definition) is 1. The van der Waals surface area contributed by atoms with Crippen molar-refractivity contribution in [2.24, 2.45) is 11.8 Å². The van der Waals surface area contributed by atoms with Crippen LogP contribution in [-0.4, -0.2) is 58.4 Å². The Balaban J connectivity index is 1.94. The van der Waals surface area contributed by atoms with Crippen LogP contribution in [0.4, 0.5) is 0 Å². The average molecular weight is 310 g/mol. The molecule has 1 heterocycles. The smallest absolute Gasteiger partial charge is 0.323 e. The van der Waals surface area contributed by atoms with E-state index in [1.165, 1.54) is 11.8 Å². The van der Waals surface area contributed by atoms with Crippen molar-refractivity contribution < 1.29 is 19.5 Å². The summed E-state index contributed by atoms with van der Waals surface area (Å²) >= 11 is 0. The van der Waals surface area contributed by atoms with E-state index in [0.29, 0.717) is 25.4 Å². The van der Waals surface area contributed by atoms with Crippen LogP contribution in [0.5, 0.6) is 0 Å². The number of carboxylic acids is 1. The summed E-state index contributed by atoms with van der Waals surface area (Å²) in [5.41, 5.74) is 0. The Bertz CT molecular complexity index is 447. The van der Waals surface area contributed by atoms with Gasteiger partial charge in [-0.15, -0.1) is 0 Å². The number of aliphatic carboxylic acids is 1. The summed E-state index contributed by atoms with van der Waals surface area (Å²) < 4.78 is 0. The maximum atomic E-state index is 12.5. The molecule has 2 amide bonds. The first-order valence-corrected chi connectivity index (χ1v) is 8.18. The van der Waals surface area contributed by atoms with Gasteiger partial charge in [-0.2, -0.15) is 0 Å². The van der Waals surface area contributed by atoms with Crippen LogP contribution in [0, 0.1) is 11.8 Å². The predicted molar refractivity (Wildman–Crippen MR) is 81.1 cm³/mol. The maximum Gasteiger partial charge on any atom is 0.323 e. The molecule has 6 nitrogen and oxygen atoms in total. The first kappa shape index (κ1) is 16.8. The largest absolute Gasteiger partial charge is 0.480 e. The number of rotatable bonds is 5. The normalized spacial score (nSPS) is 23.5. The first-order valence-electron chi connectivity index (χ1n) is 8.18. The van der Waals surface area contributed by atoms with Gasteiger partial charge in [-0.05, 0) is 38.0 Å². The molecule has 2 rings (SSSR count). The summed E-state index contributed by atoms with van der Waals surface area (Å²) in [5.74, 6) is -0.337. The van der Waals surface area contributed by atoms with Crippen LogP contribution in [0.25, 0.3) is 0 Å². The highest BCUT2D eigenvalue weighted by Gasteiger charge is 2.36. The molecule has 0 bridgehead atoms. The molecule has 124 valence electrons. The molecule has 0 spiro atoms. The first-order chi connectivity index (χ1) is 10.4. The molecule has 1 saturated carbocycles. The molecule has 0 radical (unpaired) electrons. The average Bonchev–Trinajstić information content (AvgIpc) is 3.28. The van der Waals surface area contributed by atoms with Crippen LogP contribution in [0.2, 0.25) is 0 Å². The predicted octanol–water partition coefficient (Wildman–Crippen LogP) is 1.35. The number of nitrogens with zero attached hydrogens (tertiary/aromatic N) is 2. The molecule has 1 aliphatic heterocycles. The van der Waals surface area contributed by atoms with Gasteiger partial charge in [0.05, 0.1) is 0 Å². The molecule has 0 aromatic carbocycles. The van der Waals surface area contributed by atoms with Gasteiger partial charge in [-0.1, -0.05) is 6.92 Å². The number of likely N-dealkylation sites (tertiary alicyclic amines) is 1. The SMILES string of the molecule is CC(=O)N(CC(=O)O)C1CCCN(C(=O)C(C)C2CC2)CC1. The fraction of sp³-hybridized carbons (Fsp3) is 0.812. The van der Waals surface area contributed by atoms with Crippen LogP contribution >= 0.6 is 0 Å². The van der Waals surface area contributed by atoms with Gasteiger partial charge >= 0.3 is 5.97 Å². The zero-order valence-corrected chi connectivity index (χ0v) is 13.5. The summed E-state index contributed by atoms with van der Waals surface area (Å²) in [7, 11) is 0. The molecular formula is C16H26N2O4. The van der Waals surface area contributed by atoms with Crippen molar-refractivity contribution in [2.75, 3.05) is 19.6 Å². The van der Waals surface area contributed by atoms with Crippen LogP contribution < -0.4 is 0 Å². The number of carbonyl (C=O) groups excluding carboxylic acids is 2. The highest BCUT2D eigenvalue weighted by atomic mass is 16.4. The minimum absolute atomic E-state index is 0.0809. The van der Waals surface area contributed by atoms with E-state index in [1.807, 2.05) is 11.8 Å². The van der Waals surface area contributed by atoms with Crippen LogP contribution in [0.3, 0.4) is 0 Å². The van der Waals surface area contributed by atoms with Gasteiger partial charge in [0.25, 0.3) is 0 Å². The fourth-order valence-corrected chi connectivity index (χ4v) is 3.34. The molecule has 22 heavy (non-hydrogen) atoms. The van der Waals surface area contributed by atoms with Crippen molar-refractivity contribution in [2.45, 2.75) is 52.0 Å². The van der Waals surface area contributed by atoms with E-state index in [-0.39, 0.29) is 30.3 Å². The Morgan fingerprint density at radius 1 is 1.18 bits per heavy atom. The summed E-state index contributed by atoms with van der Waals surface area (Å²) in [6.07, 6.45) is 4.54. The topological polar surface area (TPSA) is 77.9 Å². The second-order valence-corrected chi connectivity index (χ2v) is 6.58. The lowest BCUT2D eigenvalue weighted by Crippen LogP contribution is -2.43. The zero-order chi connectivity index (χ0) is 16.3. The van der Waals surface area contributed by atoms with E-state index in [9.17, 15) is 14.4 Å². The van der Waals surface area contributed by atoms with E-state index in [4.69, 9.17) is 5.11 Å². The maximum absolute atomic E-state index is 12.5. The lowest BCUT2D eigenvalue weighted by molar-refractivity contribution is -0.145. The Morgan fingerprint density at radius 3 is 2.41 bits per heavy atom. The second kappa shape index (κ2) is 7.11. The zero-order valence-electron chi connectivity index (χ0n) is 13.5. The number of carboxylic acid groups (broad SMARTS) is 1. The van der Waals surface area contributed by atoms with Gasteiger partial charge in [0.15, 0.2) is 0 Å². The Hall–Kier alpha value is -1.59. The number of hydrogen-bond acceptors (Lipinski definition) is 3. The molecule has 2 aliphatic rings. The molecule has 0 aromatic rings. The summed E-state index contributed by atoms with van der Waals surface area (Å²) in [6.45, 7) is 4.49. The third-order valence-corrected chi connectivity index (χ3v) is 4.88. The van der Waals surface area contributed by atoms with Crippen molar-refractivity contribution in [3.63, 3.8) is 0 Å². The Morgan fingerprint density at radius 2 is 1.86 bits per heavy atom. The Kier molecular flexibility index (Phi) is 5.42. The van der Waals surface area contributed by atoms with Crippen molar-refractivity contribution in [3.8, 4) is 0 Å². The van der Waals surface area contributed by atoms with Crippen molar-refractivity contribution in [1.82, 2.24) is 9.80 Å². The van der Waals surface area contributed by atoms with Crippen molar-refractivity contribution in [3.05, 3.63) is 0 Å². The molecule has 1 aliphatic carbocycles. The van der Waals surface area contributed by atoms with E-state index >= 15 is 0 Å². The molecule has 0 aromatic heterocycles. The number of carbonyl (C=O) groups is 3. The summed E-state index contributed by atoms with van der Waals surface area (Å²) in [5, 5.41) is 8.96. The van der Waals surface area contributed by atoms with E-state index in [0.717, 1.165) is 25.7 Å². The van der Waals surface area contributed by atoms with Crippen LogP contribution in [-0.2, 0) is 14.4 Å². The third-order valence-electron chi connectivity index (χ3n) is 4.88. The van der Waals surface area contributed by atoms with Gasteiger partial charge in [-0.25, -0.2) is 0 Å². The summed E-state index contributed by atoms with van der Waals surface area (Å²) in [4.78, 5) is 38.4. The standard InChI is InChI=1S/C16H26N2O4/c1-11(13-5-6-13)16(22)17-8-3-4-14(7-9-17)18(12(2)19)10-15(20)21/h11,13-14H,3-10H2,1-2H3,(H,20,21). The molecule has 6 heteroatoms. The molecule has 2 atom stereocenters. The molecule has 2 unspecified atom stereocenters.